The molecule has 0 atom stereocenters. The summed E-state index contributed by atoms with van der Waals surface area (Å²) >= 11 is 7.48. The first-order valence-corrected chi connectivity index (χ1v) is 11.4. The lowest BCUT2D eigenvalue weighted by Gasteiger charge is -2.16. The number of fused-ring (bicyclic) bond motifs is 1. The van der Waals surface area contributed by atoms with Gasteiger partial charge in [0.05, 0.1) is 17.1 Å². The maximum Gasteiger partial charge on any atom is 0.315 e. The van der Waals surface area contributed by atoms with Crippen LogP contribution in [0.5, 0.6) is 5.75 Å². The van der Waals surface area contributed by atoms with E-state index in [0.717, 1.165) is 16.9 Å². The first-order valence-electron chi connectivity index (χ1n) is 10.2. The third-order valence-electron chi connectivity index (χ3n) is 5.30. The third-order valence-corrected chi connectivity index (χ3v) is 6.96. The van der Waals surface area contributed by atoms with Crippen molar-refractivity contribution in [2.24, 2.45) is 0 Å². The number of carbonyl (C=O) groups is 2. The van der Waals surface area contributed by atoms with Crippen molar-refractivity contribution in [1.82, 2.24) is 4.98 Å². The van der Waals surface area contributed by atoms with Gasteiger partial charge in [0.2, 0.25) is 0 Å². The van der Waals surface area contributed by atoms with Crippen molar-refractivity contribution in [2.75, 3.05) is 5.32 Å². The second-order valence-corrected chi connectivity index (χ2v) is 9.03. The number of esters is 1. The van der Waals surface area contributed by atoms with Gasteiger partial charge < -0.3 is 10.1 Å². The van der Waals surface area contributed by atoms with Gasteiger partial charge in [0, 0.05) is 15.6 Å². The molecule has 2 heterocycles. The number of halogens is 2. The fraction of sp³-hybridized carbons (Fsp3) is 0.160. The van der Waals surface area contributed by atoms with Crippen molar-refractivity contribution in [3.05, 3.63) is 86.6 Å². The predicted octanol–water partition coefficient (Wildman–Crippen LogP) is 6.41. The first-order chi connectivity index (χ1) is 15.7. The van der Waals surface area contributed by atoms with Crippen LogP contribution >= 0.6 is 22.9 Å². The molecular formula is C25H20ClFN2O3S. The van der Waals surface area contributed by atoms with Crippen LogP contribution in [-0.4, -0.2) is 16.9 Å². The maximum absolute atomic E-state index is 13.5. The number of aryl methyl sites for hydroxylation is 1. The van der Waals surface area contributed by atoms with Gasteiger partial charge in [-0.05, 0) is 50.1 Å². The van der Waals surface area contributed by atoms with Crippen molar-refractivity contribution < 1.29 is 18.7 Å². The molecule has 33 heavy (non-hydrogen) atoms. The Morgan fingerprint density at radius 2 is 1.82 bits per heavy atom. The molecule has 0 saturated heterocycles. The van der Waals surface area contributed by atoms with Crippen LogP contribution < -0.4 is 10.1 Å². The molecule has 1 amide bonds. The van der Waals surface area contributed by atoms with E-state index < -0.39 is 17.7 Å². The molecule has 1 N–H and O–H groups in total. The second-order valence-electron chi connectivity index (χ2n) is 7.60. The van der Waals surface area contributed by atoms with E-state index in [-0.39, 0.29) is 16.3 Å². The summed E-state index contributed by atoms with van der Waals surface area (Å²) in [5.41, 5.74) is 2.69. The number of ether oxygens (including phenoxy) is 1. The molecule has 0 spiro atoms. The quantitative estimate of drug-likeness (QED) is 0.333. The fourth-order valence-corrected chi connectivity index (χ4v) is 4.89. The van der Waals surface area contributed by atoms with E-state index in [0.29, 0.717) is 38.5 Å². The van der Waals surface area contributed by atoms with Crippen LogP contribution in [-0.2, 0) is 11.2 Å². The molecule has 8 heteroatoms. The van der Waals surface area contributed by atoms with Gasteiger partial charge in [0.15, 0.2) is 5.75 Å². The van der Waals surface area contributed by atoms with E-state index >= 15 is 0 Å². The molecule has 0 aliphatic heterocycles. The number of anilines is 1. The molecule has 168 valence electrons. The van der Waals surface area contributed by atoms with Gasteiger partial charge in [-0.3, -0.25) is 9.59 Å². The molecule has 0 radical (unpaired) electrons. The van der Waals surface area contributed by atoms with E-state index in [4.69, 9.17) is 16.3 Å². The highest BCUT2D eigenvalue weighted by Gasteiger charge is 2.21. The van der Waals surface area contributed by atoms with Crippen molar-refractivity contribution in [3.8, 4) is 5.75 Å². The number of rotatable bonds is 5. The molecule has 0 saturated carbocycles. The zero-order chi connectivity index (χ0) is 23.7. The van der Waals surface area contributed by atoms with Crippen LogP contribution in [0.2, 0.25) is 5.02 Å². The summed E-state index contributed by atoms with van der Waals surface area (Å²) in [5, 5.41) is 3.67. The van der Waals surface area contributed by atoms with E-state index in [1.807, 2.05) is 30.3 Å². The van der Waals surface area contributed by atoms with Crippen LogP contribution in [0.1, 0.15) is 32.1 Å². The Labute approximate surface area is 199 Å². The molecule has 0 aliphatic rings. The van der Waals surface area contributed by atoms with Gasteiger partial charge in [-0.1, -0.05) is 41.9 Å². The lowest BCUT2D eigenvalue weighted by molar-refractivity contribution is -0.133. The molecule has 0 aliphatic carbocycles. The number of thiophene rings is 1. The van der Waals surface area contributed by atoms with Crippen LogP contribution in [0.4, 0.5) is 10.2 Å². The van der Waals surface area contributed by atoms with Crippen molar-refractivity contribution in [3.63, 3.8) is 0 Å². The summed E-state index contributed by atoms with van der Waals surface area (Å²) < 4.78 is 19.7. The van der Waals surface area contributed by atoms with Gasteiger partial charge in [-0.15, -0.1) is 11.3 Å². The van der Waals surface area contributed by atoms with Gasteiger partial charge in [0.1, 0.15) is 16.5 Å². The monoisotopic (exact) mass is 482 g/mol. The first kappa shape index (κ1) is 22.9. The number of amides is 1. The maximum atomic E-state index is 13.5. The van der Waals surface area contributed by atoms with Gasteiger partial charge in [0.25, 0.3) is 5.91 Å². The summed E-state index contributed by atoms with van der Waals surface area (Å²) in [5.74, 6) is -0.507. The molecule has 0 fully saturated rings. The number of benzene rings is 2. The summed E-state index contributed by atoms with van der Waals surface area (Å²) in [6, 6.07) is 13.5. The van der Waals surface area contributed by atoms with Crippen molar-refractivity contribution in [2.45, 2.75) is 27.2 Å². The summed E-state index contributed by atoms with van der Waals surface area (Å²) in [7, 11) is 0. The fourth-order valence-electron chi connectivity index (χ4n) is 3.46. The van der Waals surface area contributed by atoms with E-state index in [1.54, 1.807) is 26.8 Å². The summed E-state index contributed by atoms with van der Waals surface area (Å²) in [6.45, 7) is 5.30. The van der Waals surface area contributed by atoms with Crippen LogP contribution in [0, 0.1) is 26.6 Å². The zero-order valence-electron chi connectivity index (χ0n) is 18.2. The topological polar surface area (TPSA) is 68.3 Å². The van der Waals surface area contributed by atoms with Crippen LogP contribution in [0.15, 0.2) is 48.5 Å². The molecule has 0 bridgehead atoms. The van der Waals surface area contributed by atoms with E-state index in [2.05, 4.69) is 10.3 Å². The number of pyridine rings is 1. The average Bonchev–Trinajstić information content (AvgIpc) is 3.11. The predicted molar refractivity (Wildman–Crippen MR) is 129 cm³/mol. The Hall–Kier alpha value is -3.29. The minimum Gasteiger partial charge on any atom is -0.424 e. The Balaban J connectivity index is 1.56. The highest BCUT2D eigenvalue weighted by Crippen LogP contribution is 2.37. The highest BCUT2D eigenvalue weighted by atomic mass is 35.5. The lowest BCUT2D eigenvalue weighted by Crippen LogP contribution is -2.17. The smallest absolute Gasteiger partial charge is 0.315 e. The van der Waals surface area contributed by atoms with E-state index in [9.17, 15) is 14.0 Å². The Morgan fingerprint density at radius 1 is 1.09 bits per heavy atom. The van der Waals surface area contributed by atoms with E-state index in [1.165, 1.54) is 12.1 Å². The number of hydrogen-bond donors (Lipinski definition) is 1. The highest BCUT2D eigenvalue weighted by molar-refractivity contribution is 7.21. The minimum atomic E-state index is -0.440. The third kappa shape index (κ3) is 4.74. The Bertz CT molecular complexity index is 1390. The van der Waals surface area contributed by atoms with Gasteiger partial charge >= 0.3 is 5.97 Å². The van der Waals surface area contributed by atoms with Gasteiger partial charge in [-0.2, -0.15) is 0 Å². The number of nitrogens with zero attached hydrogens (tertiary/aromatic N) is 1. The Kier molecular flexibility index (Phi) is 6.44. The van der Waals surface area contributed by atoms with Crippen LogP contribution in [0.25, 0.3) is 10.1 Å². The molecular weight excluding hydrogens is 463 g/mol. The second kappa shape index (κ2) is 9.29. The molecule has 4 aromatic rings. The molecule has 2 aromatic heterocycles. The number of hydrogen-bond acceptors (Lipinski definition) is 5. The average molecular weight is 483 g/mol. The lowest BCUT2D eigenvalue weighted by atomic mass is 10.1. The minimum absolute atomic E-state index is 0.141. The molecule has 2 aromatic carbocycles. The summed E-state index contributed by atoms with van der Waals surface area (Å²) in [6.07, 6.45) is 0.141. The number of aromatic nitrogens is 1. The number of nitrogens with one attached hydrogen (secondary N) is 1. The molecule has 0 unspecified atom stereocenters. The SMILES string of the molecule is Cc1nc(NC(=O)c2sc3cc(F)ccc3c2Cl)c(C)c(C)c1OC(=O)Cc1ccccc1. The van der Waals surface area contributed by atoms with Crippen LogP contribution in [0.3, 0.4) is 0 Å². The largest absolute Gasteiger partial charge is 0.424 e. The number of carbonyl (C=O) groups excluding carboxylic acids is 2. The molecule has 4 rings (SSSR count). The van der Waals surface area contributed by atoms with Crippen molar-refractivity contribution >= 4 is 50.7 Å². The summed E-state index contributed by atoms with van der Waals surface area (Å²) in [4.78, 5) is 30.1. The molecule has 5 nitrogen and oxygen atoms in total. The van der Waals surface area contributed by atoms with Gasteiger partial charge in [-0.25, -0.2) is 9.37 Å². The Morgan fingerprint density at radius 3 is 2.55 bits per heavy atom. The normalized spacial score (nSPS) is 10.9. The standard InChI is InChI=1S/C25H20ClFN2O3S/c1-13-14(2)24(28-15(3)22(13)32-20(30)11-16-7-5-4-6-8-16)29-25(31)23-21(26)18-10-9-17(27)12-19(18)33-23/h4-10,12H,11H2,1-3H3,(H,28,29,31). The van der Waals surface area contributed by atoms with Crippen molar-refractivity contribution in [1.29, 1.82) is 0 Å². The zero-order valence-corrected chi connectivity index (χ0v) is 19.7.